The predicted molar refractivity (Wildman–Crippen MR) is 116 cm³/mol. The summed E-state index contributed by atoms with van der Waals surface area (Å²) in [6, 6.07) is 13.6. The van der Waals surface area contributed by atoms with Crippen LogP contribution in [0.1, 0.15) is 57.0 Å². The smallest absolute Gasteiger partial charge is 0.285 e. The Morgan fingerprint density at radius 2 is 1.59 bits per heavy atom. The lowest BCUT2D eigenvalue weighted by Crippen LogP contribution is -2.45. The predicted octanol–water partition coefficient (Wildman–Crippen LogP) is 4.19. The van der Waals surface area contributed by atoms with E-state index < -0.39 is 10.0 Å². The van der Waals surface area contributed by atoms with E-state index in [1.165, 1.54) is 6.07 Å². The first-order valence-electron chi connectivity index (χ1n) is 9.50. The van der Waals surface area contributed by atoms with E-state index in [0.29, 0.717) is 16.8 Å². The number of rotatable bonds is 4. The molecule has 0 bridgehead atoms. The van der Waals surface area contributed by atoms with Crippen LogP contribution in [0.25, 0.3) is 0 Å². The second-order valence-electron chi connectivity index (χ2n) is 9.19. The van der Waals surface area contributed by atoms with Crippen LogP contribution in [-0.4, -0.2) is 25.7 Å². The third-order valence-corrected chi connectivity index (χ3v) is 5.80. The molecule has 1 heterocycles. The topological polar surface area (TPSA) is 87.6 Å². The summed E-state index contributed by atoms with van der Waals surface area (Å²) >= 11 is 0. The molecule has 0 saturated carbocycles. The van der Waals surface area contributed by atoms with E-state index in [1.54, 1.807) is 42.5 Å². The third kappa shape index (κ3) is 5.03. The van der Waals surface area contributed by atoms with Gasteiger partial charge in [0.25, 0.3) is 15.9 Å². The molecule has 29 heavy (non-hydrogen) atoms. The van der Waals surface area contributed by atoms with Crippen molar-refractivity contribution in [3.63, 3.8) is 0 Å². The first kappa shape index (κ1) is 21.0. The average Bonchev–Trinajstić information content (AvgIpc) is 2.84. The summed E-state index contributed by atoms with van der Waals surface area (Å²) in [4.78, 5) is 12.8. The van der Waals surface area contributed by atoms with Gasteiger partial charge in [-0.15, -0.1) is 4.40 Å². The van der Waals surface area contributed by atoms with Gasteiger partial charge in [0.2, 0.25) is 0 Å². The highest BCUT2D eigenvalue weighted by molar-refractivity contribution is 7.90. The molecule has 0 radical (unpaired) electrons. The van der Waals surface area contributed by atoms with Crippen molar-refractivity contribution in [2.75, 3.05) is 5.32 Å². The minimum atomic E-state index is -3.67. The molecule has 2 aromatic carbocycles. The quantitative estimate of drug-likeness (QED) is 0.787. The minimum Gasteiger partial charge on any atom is -0.347 e. The second kappa shape index (κ2) is 7.30. The Kier molecular flexibility index (Phi) is 5.30. The Bertz CT molecular complexity index is 1060. The van der Waals surface area contributed by atoms with Gasteiger partial charge in [-0.1, -0.05) is 32.9 Å². The summed E-state index contributed by atoms with van der Waals surface area (Å²) in [6.07, 6.45) is 0.846. The van der Waals surface area contributed by atoms with E-state index in [-0.39, 0.29) is 27.6 Å². The Morgan fingerprint density at radius 1 is 0.966 bits per heavy atom. The maximum atomic E-state index is 12.6. The molecule has 1 aliphatic heterocycles. The standard InChI is InChI=1S/C22H27N3O3S/c1-21(2,3)14-22(4,5)24-20(26)15-10-12-16(13-11-15)23-19-17-8-6-7-9-18(17)29(27,28)25-19/h6-13H,14H2,1-5H3,(H,23,25)(H,24,26). The van der Waals surface area contributed by atoms with Gasteiger partial charge in [0, 0.05) is 22.4 Å². The molecular formula is C22H27N3O3S. The van der Waals surface area contributed by atoms with Crippen LogP contribution in [0.4, 0.5) is 5.69 Å². The number of hydrogen-bond donors (Lipinski definition) is 2. The summed E-state index contributed by atoms with van der Waals surface area (Å²) in [5.74, 6) is 0.140. The molecule has 0 aromatic heterocycles. The van der Waals surface area contributed by atoms with Gasteiger partial charge < -0.3 is 10.6 Å². The van der Waals surface area contributed by atoms with Crippen LogP contribution in [0.3, 0.4) is 0 Å². The Balaban J connectivity index is 1.72. The van der Waals surface area contributed by atoms with Crippen molar-refractivity contribution < 1.29 is 13.2 Å². The van der Waals surface area contributed by atoms with E-state index in [4.69, 9.17) is 0 Å². The van der Waals surface area contributed by atoms with Crippen molar-refractivity contribution in [1.82, 2.24) is 5.32 Å². The molecule has 2 N–H and O–H groups in total. The lowest BCUT2D eigenvalue weighted by Gasteiger charge is -2.33. The van der Waals surface area contributed by atoms with Gasteiger partial charge in [-0.3, -0.25) is 4.79 Å². The van der Waals surface area contributed by atoms with Gasteiger partial charge in [-0.05, 0) is 62.1 Å². The molecule has 1 aliphatic rings. The van der Waals surface area contributed by atoms with Crippen LogP contribution in [-0.2, 0) is 10.0 Å². The minimum absolute atomic E-state index is 0.100. The van der Waals surface area contributed by atoms with Crippen LogP contribution in [0.15, 0.2) is 57.8 Å². The van der Waals surface area contributed by atoms with Crippen LogP contribution >= 0.6 is 0 Å². The number of sulfonamides is 1. The van der Waals surface area contributed by atoms with E-state index in [1.807, 2.05) is 13.8 Å². The number of benzene rings is 2. The molecule has 7 heteroatoms. The Labute approximate surface area is 172 Å². The zero-order chi connectivity index (χ0) is 21.4. The number of anilines is 1. The zero-order valence-electron chi connectivity index (χ0n) is 17.4. The highest BCUT2D eigenvalue weighted by atomic mass is 32.2. The molecule has 0 aliphatic carbocycles. The number of nitrogens with zero attached hydrogens (tertiary/aromatic N) is 1. The van der Waals surface area contributed by atoms with Crippen LogP contribution in [0, 0.1) is 5.41 Å². The van der Waals surface area contributed by atoms with Crippen molar-refractivity contribution in [2.24, 2.45) is 9.81 Å². The number of fused-ring (bicyclic) bond motifs is 1. The normalized spacial score (nSPS) is 15.4. The summed E-state index contributed by atoms with van der Waals surface area (Å²) in [5.41, 5.74) is 1.50. The molecule has 3 rings (SSSR count). The number of hydrogen-bond acceptors (Lipinski definition) is 4. The average molecular weight is 414 g/mol. The van der Waals surface area contributed by atoms with Crippen molar-refractivity contribution in [2.45, 2.75) is 51.5 Å². The third-order valence-electron chi connectivity index (χ3n) is 4.47. The van der Waals surface area contributed by atoms with Gasteiger partial charge in [0.1, 0.15) is 4.90 Å². The Hall–Kier alpha value is -2.67. The second-order valence-corrected chi connectivity index (χ2v) is 10.8. The van der Waals surface area contributed by atoms with Crippen molar-refractivity contribution >= 4 is 27.5 Å². The molecule has 2 aromatic rings. The molecule has 6 nitrogen and oxygen atoms in total. The van der Waals surface area contributed by atoms with Crippen LogP contribution < -0.4 is 10.6 Å². The zero-order valence-corrected chi connectivity index (χ0v) is 18.2. The first-order valence-corrected chi connectivity index (χ1v) is 10.9. The first-order chi connectivity index (χ1) is 13.4. The molecule has 0 spiro atoms. The van der Waals surface area contributed by atoms with Gasteiger partial charge in [-0.2, -0.15) is 8.42 Å². The SMILES string of the molecule is CC(C)(C)CC(C)(C)NC(=O)c1ccc(NC2=NS(=O)(=O)c3ccccc32)cc1. The molecule has 154 valence electrons. The van der Waals surface area contributed by atoms with Gasteiger partial charge >= 0.3 is 0 Å². The highest BCUT2D eigenvalue weighted by Crippen LogP contribution is 2.28. The summed E-state index contributed by atoms with van der Waals surface area (Å²) in [6.45, 7) is 10.5. The molecule has 0 fully saturated rings. The van der Waals surface area contributed by atoms with Crippen molar-refractivity contribution in [1.29, 1.82) is 0 Å². The summed E-state index contributed by atoms with van der Waals surface area (Å²) in [7, 11) is -3.67. The van der Waals surface area contributed by atoms with Crippen molar-refractivity contribution in [3.8, 4) is 0 Å². The molecule has 0 saturated heterocycles. The number of nitrogens with one attached hydrogen (secondary N) is 2. The summed E-state index contributed by atoms with van der Waals surface area (Å²) < 4.78 is 28.1. The molecular weight excluding hydrogens is 386 g/mol. The van der Waals surface area contributed by atoms with Gasteiger partial charge in [0.05, 0.1) is 0 Å². The number of carbonyl (C=O) groups is 1. The number of carbonyl (C=O) groups excluding carboxylic acids is 1. The van der Waals surface area contributed by atoms with E-state index in [9.17, 15) is 13.2 Å². The summed E-state index contributed by atoms with van der Waals surface area (Å²) in [5, 5.41) is 6.12. The molecule has 0 atom stereocenters. The monoisotopic (exact) mass is 413 g/mol. The largest absolute Gasteiger partial charge is 0.347 e. The highest BCUT2D eigenvalue weighted by Gasteiger charge is 2.29. The fourth-order valence-electron chi connectivity index (χ4n) is 3.79. The van der Waals surface area contributed by atoms with E-state index >= 15 is 0 Å². The maximum absolute atomic E-state index is 12.6. The maximum Gasteiger partial charge on any atom is 0.285 e. The molecule has 0 unspecified atom stereocenters. The van der Waals surface area contributed by atoms with Crippen molar-refractivity contribution in [3.05, 3.63) is 59.7 Å². The van der Waals surface area contributed by atoms with E-state index in [2.05, 4.69) is 35.8 Å². The van der Waals surface area contributed by atoms with Gasteiger partial charge in [-0.25, -0.2) is 0 Å². The molecule has 1 amide bonds. The fourth-order valence-corrected chi connectivity index (χ4v) is 4.96. The number of amides is 1. The Morgan fingerprint density at radius 3 is 2.21 bits per heavy atom. The van der Waals surface area contributed by atoms with Crippen LogP contribution in [0.2, 0.25) is 0 Å². The lowest BCUT2D eigenvalue weighted by atomic mass is 9.81. The van der Waals surface area contributed by atoms with Gasteiger partial charge in [0.15, 0.2) is 5.84 Å². The fraction of sp³-hybridized carbons (Fsp3) is 0.364. The number of amidine groups is 1. The van der Waals surface area contributed by atoms with Crippen LogP contribution in [0.5, 0.6) is 0 Å². The lowest BCUT2D eigenvalue weighted by molar-refractivity contribution is 0.0891. The van der Waals surface area contributed by atoms with E-state index in [0.717, 1.165) is 6.42 Å².